The zero-order valence-corrected chi connectivity index (χ0v) is 15.6. The van der Waals surface area contributed by atoms with Gasteiger partial charge in [0, 0.05) is 11.6 Å². The Hall–Kier alpha value is -3.62. The molecule has 1 fully saturated rings. The monoisotopic (exact) mass is 411 g/mol. The van der Waals surface area contributed by atoms with Crippen molar-refractivity contribution in [3.05, 3.63) is 82.2 Å². The van der Waals surface area contributed by atoms with Crippen LogP contribution >= 0.6 is 0 Å². The Kier molecular flexibility index (Phi) is 4.30. The van der Waals surface area contributed by atoms with E-state index in [1.807, 2.05) is 0 Å². The predicted octanol–water partition coefficient (Wildman–Crippen LogP) is 3.62. The van der Waals surface area contributed by atoms with Crippen LogP contribution in [0.1, 0.15) is 18.4 Å². The van der Waals surface area contributed by atoms with Gasteiger partial charge in [0.05, 0.1) is 18.4 Å². The number of anilines is 1. The van der Waals surface area contributed by atoms with Crippen LogP contribution in [-0.4, -0.2) is 25.1 Å². The molecule has 0 aliphatic heterocycles. The number of rotatable bonds is 5. The molecule has 2 aromatic carbocycles. The largest absolute Gasteiger partial charge is 0.351 e. The van der Waals surface area contributed by atoms with E-state index in [4.69, 9.17) is 0 Å². The number of imidazole rings is 1. The molecule has 6 nitrogen and oxygen atoms in total. The Labute approximate surface area is 168 Å². The molecule has 0 atom stereocenters. The van der Waals surface area contributed by atoms with Crippen molar-refractivity contribution in [1.29, 1.82) is 0 Å². The first-order valence-corrected chi connectivity index (χ1v) is 9.45. The molecule has 0 saturated heterocycles. The summed E-state index contributed by atoms with van der Waals surface area (Å²) >= 11 is 0. The summed E-state index contributed by atoms with van der Waals surface area (Å²) in [4.78, 5) is 21.9. The zero-order valence-electron chi connectivity index (χ0n) is 15.6. The quantitative estimate of drug-likeness (QED) is 0.545. The highest BCUT2D eigenvalue weighted by Crippen LogP contribution is 2.25. The third kappa shape index (κ3) is 3.12. The van der Waals surface area contributed by atoms with Crippen LogP contribution in [0.3, 0.4) is 0 Å². The number of hydrogen-bond acceptors (Lipinski definition) is 4. The summed E-state index contributed by atoms with van der Waals surface area (Å²) in [7, 11) is 0. The summed E-state index contributed by atoms with van der Waals surface area (Å²) in [6.45, 7) is -0.251. The molecule has 0 unspecified atom stereocenters. The summed E-state index contributed by atoms with van der Waals surface area (Å²) in [6.07, 6.45) is 3.44. The van der Waals surface area contributed by atoms with Gasteiger partial charge >= 0.3 is 5.69 Å². The molecule has 5 rings (SSSR count). The fraction of sp³-hybridized carbons (Fsp3) is 0.190. The van der Waals surface area contributed by atoms with Crippen LogP contribution in [0.4, 0.5) is 19.1 Å². The summed E-state index contributed by atoms with van der Waals surface area (Å²) < 4.78 is 44.7. The molecule has 1 saturated carbocycles. The van der Waals surface area contributed by atoms with Gasteiger partial charge < -0.3 is 5.32 Å². The first-order chi connectivity index (χ1) is 14.5. The third-order valence-corrected chi connectivity index (χ3v) is 5.04. The van der Waals surface area contributed by atoms with Crippen LogP contribution in [0.2, 0.25) is 0 Å². The van der Waals surface area contributed by atoms with Gasteiger partial charge in [-0.3, -0.25) is 4.57 Å². The number of aromatic nitrogens is 4. The van der Waals surface area contributed by atoms with E-state index in [0.29, 0.717) is 5.95 Å². The predicted molar refractivity (Wildman–Crippen MR) is 105 cm³/mol. The minimum absolute atomic E-state index is 0.00938. The molecule has 2 heterocycles. The van der Waals surface area contributed by atoms with Crippen molar-refractivity contribution in [3.63, 3.8) is 0 Å². The average molecular weight is 411 g/mol. The number of nitrogens with one attached hydrogen (secondary N) is 1. The molecule has 0 radical (unpaired) electrons. The Morgan fingerprint density at radius 1 is 1.03 bits per heavy atom. The first-order valence-electron chi connectivity index (χ1n) is 9.45. The van der Waals surface area contributed by atoms with Crippen molar-refractivity contribution in [2.45, 2.75) is 25.4 Å². The van der Waals surface area contributed by atoms with Gasteiger partial charge in [-0.15, -0.1) is 0 Å². The number of nitrogens with zero attached hydrogens (tertiary/aromatic N) is 4. The molecular weight excluding hydrogens is 395 g/mol. The van der Waals surface area contributed by atoms with E-state index in [1.165, 1.54) is 41.1 Å². The van der Waals surface area contributed by atoms with Crippen molar-refractivity contribution in [2.75, 3.05) is 5.32 Å². The lowest BCUT2D eigenvalue weighted by Crippen LogP contribution is -2.24. The third-order valence-electron chi connectivity index (χ3n) is 5.04. The molecule has 0 spiro atoms. The fourth-order valence-corrected chi connectivity index (χ4v) is 3.36. The molecule has 9 heteroatoms. The normalized spacial score (nSPS) is 13.7. The van der Waals surface area contributed by atoms with Gasteiger partial charge in [-0.25, -0.2) is 27.5 Å². The number of benzene rings is 2. The fourth-order valence-electron chi connectivity index (χ4n) is 3.36. The van der Waals surface area contributed by atoms with E-state index in [1.54, 1.807) is 6.07 Å². The maximum Gasteiger partial charge on any atom is 0.335 e. The van der Waals surface area contributed by atoms with Crippen molar-refractivity contribution < 1.29 is 13.2 Å². The smallest absolute Gasteiger partial charge is 0.335 e. The second-order valence-electron chi connectivity index (χ2n) is 7.19. The van der Waals surface area contributed by atoms with E-state index in [2.05, 4.69) is 15.3 Å². The highest BCUT2D eigenvalue weighted by molar-refractivity contribution is 5.74. The summed E-state index contributed by atoms with van der Waals surface area (Å²) in [5.74, 6) is -2.33. The minimum atomic E-state index is -1.04. The van der Waals surface area contributed by atoms with Crippen molar-refractivity contribution in [1.82, 2.24) is 19.1 Å². The molecular formula is C21H16F3N5O. The SMILES string of the molecule is O=c1n(Cc2cccc(F)c2F)c2cnc(NC3CC3)nc2n1-c1ccccc1F. The van der Waals surface area contributed by atoms with Gasteiger partial charge in [0.1, 0.15) is 11.3 Å². The molecule has 4 aromatic rings. The van der Waals surface area contributed by atoms with Gasteiger partial charge in [0.25, 0.3) is 0 Å². The minimum Gasteiger partial charge on any atom is -0.351 e. The second kappa shape index (κ2) is 7.01. The van der Waals surface area contributed by atoms with Crippen molar-refractivity contribution in [3.8, 4) is 5.69 Å². The van der Waals surface area contributed by atoms with Crippen molar-refractivity contribution in [2.24, 2.45) is 0 Å². The molecule has 1 N–H and O–H groups in total. The standard InChI is InChI=1S/C21H16F3N5O/c22-14-5-1-2-7-16(14)29-19-17(10-25-20(27-19)26-13-8-9-13)28(21(29)30)11-12-4-3-6-15(23)18(12)24/h1-7,10,13H,8-9,11H2,(H,25,26,27). The molecule has 1 aliphatic carbocycles. The van der Waals surface area contributed by atoms with Gasteiger partial charge in [0.15, 0.2) is 17.3 Å². The Balaban J connectivity index is 1.72. The van der Waals surface area contributed by atoms with Gasteiger partial charge in [0.2, 0.25) is 5.95 Å². The van der Waals surface area contributed by atoms with Gasteiger partial charge in [-0.2, -0.15) is 4.98 Å². The van der Waals surface area contributed by atoms with Crippen LogP contribution in [0, 0.1) is 17.5 Å². The van der Waals surface area contributed by atoms with Crippen LogP contribution in [0.15, 0.2) is 53.5 Å². The summed E-state index contributed by atoms with van der Waals surface area (Å²) in [5, 5.41) is 3.15. The molecule has 1 aliphatic rings. The number of para-hydroxylation sites is 1. The number of hydrogen-bond donors (Lipinski definition) is 1. The van der Waals surface area contributed by atoms with Crippen molar-refractivity contribution >= 4 is 17.1 Å². The van der Waals surface area contributed by atoms with Gasteiger partial charge in [-0.1, -0.05) is 24.3 Å². The second-order valence-corrected chi connectivity index (χ2v) is 7.19. The first kappa shape index (κ1) is 18.4. The van der Waals surface area contributed by atoms with E-state index in [9.17, 15) is 18.0 Å². The Bertz CT molecular complexity index is 1330. The van der Waals surface area contributed by atoms with Crippen LogP contribution < -0.4 is 11.0 Å². The summed E-state index contributed by atoms with van der Waals surface area (Å²) in [5.41, 5.74) is -0.156. The Morgan fingerprint density at radius 2 is 1.80 bits per heavy atom. The van der Waals surface area contributed by atoms with E-state index >= 15 is 0 Å². The number of halogens is 3. The number of fused-ring (bicyclic) bond motifs is 1. The van der Waals surface area contributed by atoms with E-state index in [-0.39, 0.29) is 35.0 Å². The highest BCUT2D eigenvalue weighted by atomic mass is 19.2. The Morgan fingerprint density at radius 3 is 2.57 bits per heavy atom. The molecule has 0 bridgehead atoms. The lowest BCUT2D eigenvalue weighted by molar-refractivity contribution is 0.495. The molecule has 0 amide bonds. The average Bonchev–Trinajstić information content (AvgIpc) is 3.51. The van der Waals surface area contributed by atoms with Gasteiger partial charge in [-0.05, 0) is 31.0 Å². The summed E-state index contributed by atoms with van der Waals surface area (Å²) in [6, 6.07) is 9.85. The maximum absolute atomic E-state index is 14.5. The lowest BCUT2D eigenvalue weighted by Gasteiger charge is -2.06. The topological polar surface area (TPSA) is 64.7 Å². The van der Waals surface area contributed by atoms with Crippen LogP contribution in [-0.2, 0) is 6.54 Å². The molecule has 152 valence electrons. The van der Waals surface area contributed by atoms with Crippen LogP contribution in [0.25, 0.3) is 16.9 Å². The van der Waals surface area contributed by atoms with E-state index < -0.39 is 23.1 Å². The lowest BCUT2D eigenvalue weighted by atomic mass is 10.2. The molecule has 30 heavy (non-hydrogen) atoms. The zero-order chi connectivity index (χ0) is 20.8. The maximum atomic E-state index is 14.5. The highest BCUT2D eigenvalue weighted by Gasteiger charge is 2.24. The van der Waals surface area contributed by atoms with E-state index in [0.717, 1.165) is 23.5 Å². The molecule has 2 aromatic heterocycles. The van der Waals surface area contributed by atoms with Crippen LogP contribution in [0.5, 0.6) is 0 Å².